The molecule has 0 N–H and O–H groups in total. The molecule has 0 atom stereocenters. The van der Waals surface area contributed by atoms with Crippen LogP contribution in [-0.4, -0.2) is 55.0 Å². The highest BCUT2D eigenvalue weighted by molar-refractivity contribution is 7.88. The Morgan fingerprint density at radius 1 is 1.14 bits per heavy atom. The summed E-state index contributed by atoms with van der Waals surface area (Å²) in [6.07, 6.45) is 2.37. The molecule has 0 unspecified atom stereocenters. The van der Waals surface area contributed by atoms with Crippen molar-refractivity contribution < 1.29 is 13.2 Å². The topological polar surface area (TPSA) is 103 Å². The van der Waals surface area contributed by atoms with Crippen LogP contribution in [-0.2, 0) is 16.6 Å². The third-order valence-corrected chi connectivity index (χ3v) is 8.29. The number of halogens is 1. The predicted octanol–water partition coefficient (Wildman–Crippen LogP) is 3.64. The Balaban J connectivity index is 1.93. The summed E-state index contributed by atoms with van der Waals surface area (Å²) in [5.41, 5.74) is 1.14. The highest BCUT2D eigenvalue weighted by Gasteiger charge is 2.28. The molecule has 0 amide bonds. The van der Waals surface area contributed by atoms with Gasteiger partial charge in [-0.1, -0.05) is 29.8 Å². The number of rotatable bonds is 7. The van der Waals surface area contributed by atoms with Gasteiger partial charge >= 0.3 is 5.69 Å². The predicted molar refractivity (Wildman–Crippen MR) is 146 cm³/mol. The lowest BCUT2D eigenvalue weighted by Gasteiger charge is -2.31. The van der Waals surface area contributed by atoms with E-state index in [1.165, 1.54) is 17.7 Å². The Bertz CT molecular complexity index is 1570. The van der Waals surface area contributed by atoms with E-state index in [1.807, 2.05) is 0 Å². The largest absolute Gasteiger partial charge is 0.494 e. The van der Waals surface area contributed by atoms with Gasteiger partial charge in [0.25, 0.3) is 5.56 Å². The zero-order chi connectivity index (χ0) is 26.9. The van der Waals surface area contributed by atoms with Crippen LogP contribution in [0.3, 0.4) is 0 Å². The van der Waals surface area contributed by atoms with Gasteiger partial charge in [0.15, 0.2) is 0 Å². The fourth-order valence-corrected chi connectivity index (χ4v) is 5.92. The third kappa shape index (κ3) is 5.27. The molecule has 1 fully saturated rings. The lowest BCUT2D eigenvalue weighted by atomic mass is 9.97. The summed E-state index contributed by atoms with van der Waals surface area (Å²) in [5.74, 6) is 0.483. The lowest BCUT2D eigenvalue weighted by molar-refractivity contribution is 0.251. The second-order valence-corrected chi connectivity index (χ2v) is 11.5. The number of piperidine rings is 1. The van der Waals surface area contributed by atoms with Crippen LogP contribution in [0.4, 0.5) is 5.69 Å². The maximum atomic E-state index is 14.0. The molecule has 37 heavy (non-hydrogen) atoms. The van der Waals surface area contributed by atoms with Crippen molar-refractivity contribution in [1.82, 2.24) is 13.4 Å². The summed E-state index contributed by atoms with van der Waals surface area (Å²) >= 11 is 6.17. The average molecular weight is 545 g/mol. The number of nitrogens with zero attached hydrogens (tertiary/aromatic N) is 4. The van der Waals surface area contributed by atoms with E-state index in [0.29, 0.717) is 71.4 Å². The van der Waals surface area contributed by atoms with Gasteiger partial charge in [0.05, 0.1) is 24.7 Å². The summed E-state index contributed by atoms with van der Waals surface area (Å²) in [7, 11) is -1.77. The first-order chi connectivity index (χ1) is 17.6. The summed E-state index contributed by atoms with van der Waals surface area (Å²) in [6, 6.07) is 11.9. The molecular formula is C26H29ClN4O5S. The van der Waals surface area contributed by atoms with E-state index in [1.54, 1.807) is 54.0 Å². The maximum absolute atomic E-state index is 14.0. The minimum absolute atomic E-state index is 0.0184. The molecule has 1 aromatic heterocycles. The van der Waals surface area contributed by atoms with E-state index in [9.17, 15) is 18.0 Å². The zero-order valence-electron chi connectivity index (χ0n) is 21.0. The number of aromatic nitrogens is 2. The SMILES string of the molecule is C=Nc1c(OC)cccc1-c1c(C)c(=O)n(-c2cccc(Cl)c2)c(=O)n1CC1CCN(S(C)(=O)=O)CC1. The van der Waals surface area contributed by atoms with E-state index in [2.05, 4.69) is 11.7 Å². The van der Waals surface area contributed by atoms with Crippen molar-refractivity contribution in [3.63, 3.8) is 0 Å². The smallest absolute Gasteiger partial charge is 0.336 e. The van der Waals surface area contributed by atoms with Gasteiger partial charge in [-0.2, -0.15) is 0 Å². The van der Waals surface area contributed by atoms with Gasteiger partial charge in [-0.3, -0.25) is 14.4 Å². The molecule has 0 radical (unpaired) electrons. The first-order valence-corrected chi connectivity index (χ1v) is 14.0. The van der Waals surface area contributed by atoms with Crippen LogP contribution in [0.1, 0.15) is 18.4 Å². The van der Waals surface area contributed by atoms with Crippen molar-refractivity contribution in [2.24, 2.45) is 10.9 Å². The second kappa shape index (κ2) is 10.6. The molecule has 1 aliphatic heterocycles. The lowest BCUT2D eigenvalue weighted by Crippen LogP contribution is -2.44. The van der Waals surface area contributed by atoms with Gasteiger partial charge in [0.1, 0.15) is 11.4 Å². The highest BCUT2D eigenvalue weighted by Crippen LogP contribution is 2.38. The normalized spacial score (nSPS) is 15.0. The number of sulfonamides is 1. The molecule has 4 rings (SSSR count). The molecule has 1 aliphatic rings. The van der Waals surface area contributed by atoms with Gasteiger partial charge in [-0.15, -0.1) is 0 Å². The zero-order valence-corrected chi connectivity index (χ0v) is 22.6. The first kappa shape index (κ1) is 26.8. The van der Waals surface area contributed by atoms with Crippen molar-refractivity contribution in [3.05, 3.63) is 73.9 Å². The maximum Gasteiger partial charge on any atom is 0.336 e. The number of benzene rings is 2. The third-order valence-electron chi connectivity index (χ3n) is 6.75. The van der Waals surface area contributed by atoms with Gasteiger partial charge in [0, 0.05) is 35.8 Å². The molecule has 2 aromatic carbocycles. The number of methoxy groups -OCH3 is 1. The molecule has 3 aromatic rings. The molecule has 0 saturated carbocycles. The fraction of sp³-hybridized carbons (Fsp3) is 0.346. The van der Waals surface area contributed by atoms with Crippen LogP contribution < -0.4 is 16.0 Å². The van der Waals surface area contributed by atoms with Crippen LogP contribution in [0.15, 0.2) is 57.0 Å². The van der Waals surface area contributed by atoms with Crippen LogP contribution in [0.5, 0.6) is 5.75 Å². The second-order valence-electron chi connectivity index (χ2n) is 9.11. The molecule has 0 aliphatic carbocycles. The van der Waals surface area contributed by atoms with Crippen molar-refractivity contribution in [1.29, 1.82) is 0 Å². The van der Waals surface area contributed by atoms with Crippen molar-refractivity contribution in [2.45, 2.75) is 26.3 Å². The van der Waals surface area contributed by atoms with Crippen LogP contribution >= 0.6 is 11.6 Å². The standard InChI is InChI=1S/C26H29ClN4O5S/c1-17-24(21-9-6-10-22(36-3)23(21)28-2)30(16-18-11-13-29(14-12-18)37(4,34)35)26(33)31(25(17)32)20-8-5-7-19(27)15-20/h5-10,15,18H,2,11-14,16H2,1,3-4H3. The van der Waals surface area contributed by atoms with Gasteiger partial charge < -0.3 is 4.74 Å². The summed E-state index contributed by atoms with van der Waals surface area (Å²) < 4.78 is 33.6. The molecule has 2 heterocycles. The molecular weight excluding hydrogens is 516 g/mol. The monoisotopic (exact) mass is 544 g/mol. The van der Waals surface area contributed by atoms with Crippen LogP contribution in [0.2, 0.25) is 5.02 Å². The Hall–Kier alpha value is -3.21. The molecule has 0 spiro atoms. The van der Waals surface area contributed by atoms with Crippen LogP contribution in [0, 0.1) is 12.8 Å². The van der Waals surface area contributed by atoms with E-state index in [-0.39, 0.29) is 5.92 Å². The van der Waals surface area contributed by atoms with Crippen molar-refractivity contribution >= 4 is 34.0 Å². The minimum atomic E-state index is -3.28. The highest BCUT2D eigenvalue weighted by atomic mass is 35.5. The summed E-state index contributed by atoms with van der Waals surface area (Å²) in [4.78, 5) is 31.7. The number of ether oxygens (including phenoxy) is 1. The molecule has 11 heteroatoms. The van der Waals surface area contributed by atoms with Gasteiger partial charge in [-0.05, 0) is 56.7 Å². The Morgan fingerprint density at radius 2 is 1.81 bits per heavy atom. The van der Waals surface area contributed by atoms with E-state index in [0.717, 1.165) is 4.57 Å². The van der Waals surface area contributed by atoms with E-state index >= 15 is 0 Å². The van der Waals surface area contributed by atoms with Crippen LogP contribution in [0.25, 0.3) is 16.9 Å². The summed E-state index contributed by atoms with van der Waals surface area (Å²) in [5, 5.41) is 0.399. The number of para-hydroxylation sites is 1. The van der Waals surface area contributed by atoms with Gasteiger partial charge in [0.2, 0.25) is 10.0 Å². The fourth-order valence-electron chi connectivity index (χ4n) is 4.86. The average Bonchev–Trinajstić information content (AvgIpc) is 2.87. The Labute approximate surface area is 220 Å². The molecule has 1 saturated heterocycles. The molecule has 196 valence electrons. The van der Waals surface area contributed by atoms with Crippen molar-refractivity contribution in [3.8, 4) is 22.7 Å². The number of aliphatic imine (C=N–C) groups is 1. The molecule has 9 nitrogen and oxygen atoms in total. The Kier molecular flexibility index (Phi) is 7.72. The van der Waals surface area contributed by atoms with E-state index < -0.39 is 21.3 Å². The number of hydrogen-bond acceptors (Lipinski definition) is 6. The van der Waals surface area contributed by atoms with E-state index in [4.69, 9.17) is 16.3 Å². The molecule has 0 bridgehead atoms. The van der Waals surface area contributed by atoms with Gasteiger partial charge in [-0.25, -0.2) is 22.1 Å². The quantitative estimate of drug-likeness (QED) is 0.422. The minimum Gasteiger partial charge on any atom is -0.494 e. The number of hydrogen-bond donors (Lipinski definition) is 0. The van der Waals surface area contributed by atoms with Crippen molar-refractivity contribution in [2.75, 3.05) is 26.5 Å². The Morgan fingerprint density at radius 3 is 2.41 bits per heavy atom. The first-order valence-electron chi connectivity index (χ1n) is 11.8. The summed E-state index contributed by atoms with van der Waals surface area (Å²) in [6.45, 7) is 6.39.